The molecule has 0 saturated carbocycles. The van der Waals surface area contributed by atoms with Gasteiger partial charge in [-0.25, -0.2) is 4.85 Å². The molecule has 2 aromatic heterocycles. The van der Waals surface area contributed by atoms with Crippen molar-refractivity contribution < 1.29 is 0 Å². The number of fused-ring (bicyclic) bond motifs is 6. The molecule has 0 aliphatic carbocycles. The molecule has 5 nitrogen and oxygen atoms in total. The quantitative estimate of drug-likeness (QED) is 0.181. The van der Waals surface area contributed by atoms with E-state index in [-0.39, 0.29) is 0 Å². The molecule has 0 unspecified atom stereocenters. The average Bonchev–Trinajstić information content (AvgIpc) is 3.70. The summed E-state index contributed by atoms with van der Waals surface area (Å²) < 4.78 is 4.40. The van der Waals surface area contributed by atoms with Gasteiger partial charge in [-0.05, 0) is 77.4 Å². The summed E-state index contributed by atoms with van der Waals surface area (Å²) in [6, 6.07) is 55.6. The van der Waals surface area contributed by atoms with E-state index in [9.17, 15) is 10.5 Å². The fourth-order valence-corrected chi connectivity index (χ4v) is 7.43. The normalized spacial score (nSPS) is 11.1. The lowest BCUT2D eigenvalue weighted by Crippen LogP contribution is -1.99. The summed E-state index contributed by atoms with van der Waals surface area (Å²) in [7, 11) is 0. The number of benzene rings is 7. The molecule has 0 fully saturated rings. The molecule has 9 aromatic rings. The summed E-state index contributed by atoms with van der Waals surface area (Å²) in [6.07, 6.45) is 0. The predicted octanol–water partition coefficient (Wildman–Crippen LogP) is 11.5. The zero-order valence-corrected chi connectivity index (χ0v) is 26.7. The van der Waals surface area contributed by atoms with Crippen LogP contribution in [-0.4, -0.2) is 9.13 Å². The van der Waals surface area contributed by atoms with E-state index < -0.39 is 0 Å². The molecule has 0 amide bonds. The minimum absolute atomic E-state index is 0.423. The Morgan fingerprint density at radius 3 is 1.66 bits per heavy atom. The first kappa shape index (κ1) is 28.8. The van der Waals surface area contributed by atoms with E-state index >= 15 is 0 Å². The van der Waals surface area contributed by atoms with Gasteiger partial charge >= 0.3 is 0 Å². The summed E-state index contributed by atoms with van der Waals surface area (Å²) in [4.78, 5) is 3.91. The molecule has 230 valence electrons. The van der Waals surface area contributed by atoms with E-state index in [0.29, 0.717) is 16.8 Å². The van der Waals surface area contributed by atoms with E-state index in [4.69, 9.17) is 6.57 Å². The minimum Gasteiger partial charge on any atom is -0.309 e. The number of hydrogen-bond donors (Lipinski definition) is 0. The van der Waals surface area contributed by atoms with Crippen molar-refractivity contribution in [2.45, 2.75) is 0 Å². The smallest absolute Gasteiger partial charge is 0.196 e. The summed E-state index contributed by atoms with van der Waals surface area (Å²) in [5.74, 6) is 0. The number of nitriles is 2. The van der Waals surface area contributed by atoms with Crippen LogP contribution in [-0.2, 0) is 0 Å². The molecule has 0 spiro atoms. The van der Waals surface area contributed by atoms with Gasteiger partial charge in [0.1, 0.15) is 0 Å². The van der Waals surface area contributed by atoms with Gasteiger partial charge in [-0.2, -0.15) is 10.5 Å². The molecule has 0 atom stereocenters. The lowest BCUT2D eigenvalue weighted by Gasteiger charge is -2.16. The van der Waals surface area contributed by atoms with Crippen LogP contribution in [0.5, 0.6) is 0 Å². The Bertz CT molecular complexity index is 2920. The molecular weight excluding hydrogens is 611 g/mol. The van der Waals surface area contributed by atoms with E-state index in [0.717, 1.165) is 77.2 Å². The topological polar surface area (TPSA) is 61.8 Å². The zero-order chi connectivity index (χ0) is 33.8. The second-order valence-corrected chi connectivity index (χ2v) is 12.3. The third kappa shape index (κ3) is 4.31. The van der Waals surface area contributed by atoms with Gasteiger partial charge in [0.15, 0.2) is 5.69 Å². The second kappa shape index (κ2) is 11.4. The summed E-state index contributed by atoms with van der Waals surface area (Å²) in [6.45, 7) is 8.13. The SMILES string of the molecule is [C-]#[N+]c1cc(C#N)c(-n2c3ccccc3c3ccccc32)cc1-c1cccc(-c2ccccc2-n2c3ccccc3c3cc(C#N)ccc32)c1. The molecule has 2 heterocycles. The van der Waals surface area contributed by atoms with Crippen molar-refractivity contribution in [2.75, 3.05) is 0 Å². The second-order valence-electron chi connectivity index (χ2n) is 12.3. The van der Waals surface area contributed by atoms with Crippen molar-refractivity contribution in [2.24, 2.45) is 0 Å². The molecule has 0 radical (unpaired) electrons. The van der Waals surface area contributed by atoms with Crippen LogP contribution in [0.25, 0.3) is 82.1 Å². The van der Waals surface area contributed by atoms with Crippen LogP contribution in [0.4, 0.5) is 5.69 Å². The Hall–Kier alpha value is -7.39. The number of aromatic nitrogens is 2. The molecule has 9 rings (SSSR count). The van der Waals surface area contributed by atoms with E-state index in [1.54, 1.807) is 6.07 Å². The molecule has 0 bridgehead atoms. The van der Waals surface area contributed by atoms with Crippen LogP contribution in [0.1, 0.15) is 11.1 Å². The molecule has 0 aliphatic heterocycles. The highest BCUT2D eigenvalue weighted by Gasteiger charge is 2.20. The van der Waals surface area contributed by atoms with Crippen molar-refractivity contribution in [3.8, 4) is 45.8 Å². The van der Waals surface area contributed by atoms with Crippen LogP contribution in [0.2, 0.25) is 0 Å². The molecule has 50 heavy (non-hydrogen) atoms. The Balaban J connectivity index is 1.26. The summed E-state index contributed by atoms with van der Waals surface area (Å²) >= 11 is 0. The Morgan fingerprint density at radius 1 is 0.460 bits per heavy atom. The van der Waals surface area contributed by atoms with E-state index in [1.165, 1.54) is 0 Å². The lowest BCUT2D eigenvalue weighted by molar-refractivity contribution is 1.17. The van der Waals surface area contributed by atoms with Crippen molar-refractivity contribution in [3.63, 3.8) is 0 Å². The van der Waals surface area contributed by atoms with Crippen molar-refractivity contribution >= 4 is 49.3 Å². The van der Waals surface area contributed by atoms with Gasteiger partial charge in [-0.3, -0.25) is 0 Å². The zero-order valence-electron chi connectivity index (χ0n) is 26.7. The number of para-hydroxylation sites is 4. The standard InChI is InChI=1S/C45H25N5/c1-48-39-25-32(28-47)45(50-41-18-7-3-14-34(41)35-15-4-8-19-42(35)50)26-37(39)31-12-10-11-30(24-31)33-13-2-6-17-40(33)49-43-20-9-5-16-36(43)38-23-29(27-46)21-22-44(38)49/h2-26H. The first-order chi connectivity index (χ1) is 24.7. The molecule has 5 heteroatoms. The van der Waals surface area contributed by atoms with Gasteiger partial charge in [0, 0.05) is 27.1 Å². The third-order valence-electron chi connectivity index (χ3n) is 9.61. The maximum Gasteiger partial charge on any atom is 0.196 e. The van der Waals surface area contributed by atoms with Gasteiger partial charge in [0.05, 0.1) is 63.3 Å². The number of nitrogens with zero attached hydrogens (tertiary/aromatic N) is 5. The number of rotatable bonds is 4. The Labute approximate surface area is 288 Å². The van der Waals surface area contributed by atoms with E-state index in [1.807, 2.05) is 84.9 Å². The highest BCUT2D eigenvalue weighted by atomic mass is 15.0. The van der Waals surface area contributed by atoms with Gasteiger partial charge in [0.2, 0.25) is 0 Å². The Morgan fingerprint density at radius 2 is 1.02 bits per heavy atom. The van der Waals surface area contributed by atoms with Crippen LogP contribution in [0.15, 0.2) is 152 Å². The first-order valence-corrected chi connectivity index (χ1v) is 16.3. The lowest BCUT2D eigenvalue weighted by atomic mass is 9.95. The summed E-state index contributed by atoms with van der Waals surface area (Å²) in [5.41, 5.74) is 11.0. The monoisotopic (exact) mass is 635 g/mol. The maximum absolute atomic E-state index is 10.4. The highest BCUT2D eigenvalue weighted by Crippen LogP contribution is 2.41. The fraction of sp³-hybridized carbons (Fsp3) is 0. The Kier molecular flexibility index (Phi) is 6.56. The third-order valence-corrected chi connectivity index (χ3v) is 9.61. The molecule has 7 aromatic carbocycles. The van der Waals surface area contributed by atoms with Gasteiger partial charge in [-0.15, -0.1) is 0 Å². The van der Waals surface area contributed by atoms with Gasteiger partial charge in [-0.1, -0.05) is 91.0 Å². The van der Waals surface area contributed by atoms with Crippen LogP contribution in [0.3, 0.4) is 0 Å². The maximum atomic E-state index is 10.4. The minimum atomic E-state index is 0.423. The van der Waals surface area contributed by atoms with Crippen molar-refractivity contribution in [1.82, 2.24) is 9.13 Å². The molecule has 0 aliphatic rings. The predicted molar refractivity (Wildman–Crippen MR) is 202 cm³/mol. The molecule has 0 N–H and O–H groups in total. The molecular formula is C45H25N5. The molecule has 0 saturated heterocycles. The fourth-order valence-electron chi connectivity index (χ4n) is 7.43. The first-order valence-electron chi connectivity index (χ1n) is 16.3. The van der Waals surface area contributed by atoms with Crippen molar-refractivity contribution in [1.29, 1.82) is 10.5 Å². The van der Waals surface area contributed by atoms with Crippen LogP contribution < -0.4 is 0 Å². The summed E-state index contributed by atoms with van der Waals surface area (Å²) in [5, 5.41) is 24.3. The largest absolute Gasteiger partial charge is 0.309 e. The van der Waals surface area contributed by atoms with Gasteiger partial charge in [0.25, 0.3) is 0 Å². The highest BCUT2D eigenvalue weighted by molar-refractivity contribution is 6.11. The van der Waals surface area contributed by atoms with Gasteiger partial charge < -0.3 is 9.13 Å². The van der Waals surface area contributed by atoms with Crippen molar-refractivity contribution in [3.05, 3.63) is 174 Å². The van der Waals surface area contributed by atoms with Crippen LogP contribution in [0, 0.1) is 29.2 Å². The van der Waals surface area contributed by atoms with E-state index in [2.05, 4.69) is 86.8 Å². The average molecular weight is 636 g/mol. The van der Waals surface area contributed by atoms with Crippen LogP contribution >= 0.6 is 0 Å². The number of hydrogen-bond acceptors (Lipinski definition) is 2.